The average molecular weight is 586 g/mol. The lowest BCUT2D eigenvalue weighted by atomic mass is 10.0. The molecule has 0 bridgehead atoms. The Morgan fingerprint density at radius 1 is 0.568 bits per heavy atom. The molecule has 0 aromatic heterocycles. The maximum atomic E-state index is 13.7. The molecule has 0 aliphatic rings. The molecule has 6 nitrogen and oxygen atoms in total. The smallest absolute Gasteiger partial charge is 0.343 e. The fraction of sp³-hybridized carbons (Fsp3) is 0.158. The highest BCUT2D eigenvalue weighted by molar-refractivity contribution is 6.06. The van der Waals surface area contributed by atoms with E-state index in [0.717, 1.165) is 53.6 Å². The summed E-state index contributed by atoms with van der Waals surface area (Å²) in [6, 6.07) is 35.4. The van der Waals surface area contributed by atoms with Gasteiger partial charge in [0.1, 0.15) is 17.2 Å². The monoisotopic (exact) mass is 585 g/mol. The second-order valence-corrected chi connectivity index (χ2v) is 10.6. The summed E-state index contributed by atoms with van der Waals surface area (Å²) in [5, 5.41) is 19.1. The first-order valence-electron chi connectivity index (χ1n) is 14.8. The van der Waals surface area contributed by atoms with Crippen LogP contribution in [0.1, 0.15) is 53.3 Å². The third-order valence-electron chi connectivity index (χ3n) is 7.49. The van der Waals surface area contributed by atoms with Crippen molar-refractivity contribution in [2.24, 2.45) is 0 Å². The number of aromatic hydroxyl groups is 2. The van der Waals surface area contributed by atoms with Gasteiger partial charge in [-0.2, -0.15) is 0 Å². The van der Waals surface area contributed by atoms with Gasteiger partial charge in [0.2, 0.25) is 0 Å². The number of carbonyl (C=O) groups is 2. The van der Waals surface area contributed by atoms with Gasteiger partial charge in [0.15, 0.2) is 0 Å². The van der Waals surface area contributed by atoms with Gasteiger partial charge >= 0.3 is 5.97 Å². The number of nitrogens with zero attached hydrogens (tertiary/aromatic N) is 1. The van der Waals surface area contributed by atoms with Crippen molar-refractivity contribution in [1.82, 2.24) is 0 Å². The van der Waals surface area contributed by atoms with E-state index in [9.17, 15) is 19.8 Å². The second kappa shape index (κ2) is 14.2. The highest BCUT2D eigenvalue weighted by Crippen LogP contribution is 2.27. The summed E-state index contributed by atoms with van der Waals surface area (Å²) >= 11 is 0. The number of carbonyl (C=O) groups excluding carboxylic acids is 2. The van der Waals surface area contributed by atoms with Gasteiger partial charge in [-0.1, -0.05) is 74.7 Å². The average Bonchev–Trinajstić information content (AvgIpc) is 3.06. The van der Waals surface area contributed by atoms with Gasteiger partial charge in [-0.05, 0) is 101 Å². The van der Waals surface area contributed by atoms with E-state index in [1.165, 1.54) is 0 Å². The minimum atomic E-state index is -0.476. The summed E-state index contributed by atoms with van der Waals surface area (Å²) in [5.74, 6) is 0.219. The fourth-order valence-corrected chi connectivity index (χ4v) is 4.97. The van der Waals surface area contributed by atoms with Gasteiger partial charge in [0.05, 0.1) is 5.56 Å². The van der Waals surface area contributed by atoms with Crippen molar-refractivity contribution in [1.29, 1.82) is 0 Å². The van der Waals surface area contributed by atoms with Crippen LogP contribution >= 0.6 is 0 Å². The van der Waals surface area contributed by atoms with E-state index in [-0.39, 0.29) is 17.4 Å². The lowest BCUT2D eigenvalue weighted by molar-refractivity contribution is 0.0734. The number of unbranched alkanes of at least 4 members (excludes halogenated alkanes) is 3. The van der Waals surface area contributed by atoms with Crippen LogP contribution in [-0.2, 0) is 0 Å². The molecule has 5 rings (SSSR count). The Balaban J connectivity index is 1.28. The summed E-state index contributed by atoms with van der Waals surface area (Å²) in [5.41, 5.74) is 5.49. The summed E-state index contributed by atoms with van der Waals surface area (Å²) in [6.45, 7) is 2.73. The topological polar surface area (TPSA) is 87.1 Å². The quantitative estimate of drug-likeness (QED) is 0.0918. The van der Waals surface area contributed by atoms with E-state index in [1.54, 1.807) is 65.6 Å². The van der Waals surface area contributed by atoms with E-state index in [1.807, 2.05) is 60.7 Å². The van der Waals surface area contributed by atoms with E-state index < -0.39 is 5.97 Å². The number of benzene rings is 5. The fourth-order valence-electron chi connectivity index (χ4n) is 4.97. The minimum absolute atomic E-state index is 0.0998. The summed E-state index contributed by atoms with van der Waals surface area (Å²) in [7, 11) is 0. The molecule has 0 aliphatic heterocycles. The van der Waals surface area contributed by atoms with Crippen molar-refractivity contribution in [2.45, 2.75) is 32.6 Å². The number of hydrogen-bond acceptors (Lipinski definition) is 5. The van der Waals surface area contributed by atoms with Crippen LogP contribution < -0.4 is 9.64 Å². The molecule has 5 aromatic carbocycles. The lowest BCUT2D eigenvalue weighted by Crippen LogP contribution is -2.32. The van der Waals surface area contributed by atoms with E-state index in [0.29, 0.717) is 23.4 Å². The molecule has 5 aromatic rings. The van der Waals surface area contributed by atoms with E-state index in [2.05, 4.69) is 6.92 Å². The van der Waals surface area contributed by atoms with Crippen LogP contribution in [0, 0.1) is 0 Å². The molecule has 1 amide bonds. The summed E-state index contributed by atoms with van der Waals surface area (Å²) in [6.07, 6.45) is 4.11. The SMILES string of the molecule is CCCCCCN(C(=O)c1ccc(-c2ccc(O)cc2)cc1)c1ccc(OC(=O)c2ccc(-c3ccc(O)cc3)cc2)cc1. The third kappa shape index (κ3) is 7.53. The molecule has 2 N–H and O–H groups in total. The number of amides is 1. The van der Waals surface area contributed by atoms with Crippen LogP contribution in [0.4, 0.5) is 5.69 Å². The molecular weight excluding hydrogens is 550 g/mol. The number of ether oxygens (including phenoxy) is 1. The molecule has 0 saturated carbocycles. The first-order valence-corrected chi connectivity index (χ1v) is 14.8. The molecule has 44 heavy (non-hydrogen) atoms. The Morgan fingerprint density at radius 2 is 1.02 bits per heavy atom. The number of esters is 1. The Hall–Kier alpha value is -5.36. The Labute approximate surface area is 257 Å². The first-order chi connectivity index (χ1) is 21.4. The molecule has 0 heterocycles. The molecule has 0 radical (unpaired) electrons. The van der Waals surface area contributed by atoms with Gasteiger partial charge in [-0.15, -0.1) is 0 Å². The first kappa shape index (κ1) is 30.1. The van der Waals surface area contributed by atoms with Crippen molar-refractivity contribution in [3.8, 4) is 39.5 Å². The Kier molecular flexibility index (Phi) is 9.72. The number of hydrogen-bond donors (Lipinski definition) is 2. The minimum Gasteiger partial charge on any atom is -0.508 e. The zero-order valence-corrected chi connectivity index (χ0v) is 24.6. The van der Waals surface area contributed by atoms with E-state index >= 15 is 0 Å². The van der Waals surface area contributed by atoms with Crippen molar-refractivity contribution in [3.05, 3.63) is 132 Å². The van der Waals surface area contributed by atoms with Gasteiger partial charge < -0.3 is 19.8 Å². The maximum Gasteiger partial charge on any atom is 0.343 e. The van der Waals surface area contributed by atoms with Crippen LogP contribution in [0.25, 0.3) is 22.3 Å². The largest absolute Gasteiger partial charge is 0.508 e. The predicted molar refractivity (Wildman–Crippen MR) is 174 cm³/mol. The molecule has 0 atom stereocenters. The Bertz CT molecular complexity index is 1680. The highest BCUT2D eigenvalue weighted by Gasteiger charge is 2.18. The van der Waals surface area contributed by atoms with Crippen molar-refractivity contribution >= 4 is 17.6 Å². The molecule has 0 aliphatic carbocycles. The zero-order chi connectivity index (χ0) is 30.9. The number of phenols is 2. The normalized spacial score (nSPS) is 10.8. The summed E-state index contributed by atoms with van der Waals surface area (Å²) < 4.78 is 5.63. The molecule has 6 heteroatoms. The molecule has 0 unspecified atom stereocenters. The standard InChI is InChI=1S/C38H35NO5/c1-2-3-4-5-26-39(37(42)31-10-6-27(7-11-31)29-14-20-34(40)21-15-29)33-18-24-36(25-19-33)44-38(43)32-12-8-28(9-13-32)30-16-22-35(41)23-17-30/h6-25,40-41H,2-5,26H2,1H3. The molecule has 0 saturated heterocycles. The third-order valence-corrected chi connectivity index (χ3v) is 7.49. The maximum absolute atomic E-state index is 13.7. The molecule has 0 fully saturated rings. The van der Waals surface area contributed by atoms with Gasteiger partial charge in [0, 0.05) is 17.8 Å². The van der Waals surface area contributed by atoms with Crippen LogP contribution in [0.5, 0.6) is 17.2 Å². The van der Waals surface area contributed by atoms with Gasteiger partial charge in [-0.3, -0.25) is 4.79 Å². The van der Waals surface area contributed by atoms with Crippen LogP contribution in [-0.4, -0.2) is 28.6 Å². The molecular formula is C38H35NO5. The number of rotatable bonds is 11. The molecule has 222 valence electrons. The van der Waals surface area contributed by atoms with Crippen LogP contribution in [0.3, 0.4) is 0 Å². The lowest BCUT2D eigenvalue weighted by Gasteiger charge is -2.23. The molecule has 0 spiro atoms. The van der Waals surface area contributed by atoms with Crippen LogP contribution in [0.15, 0.2) is 121 Å². The Morgan fingerprint density at radius 3 is 1.50 bits per heavy atom. The van der Waals surface area contributed by atoms with Crippen molar-refractivity contribution < 1.29 is 24.5 Å². The van der Waals surface area contributed by atoms with E-state index in [4.69, 9.17) is 4.74 Å². The predicted octanol–water partition coefficient (Wildman–Crippen LogP) is 8.88. The zero-order valence-electron chi connectivity index (χ0n) is 24.6. The second-order valence-electron chi connectivity index (χ2n) is 10.6. The van der Waals surface area contributed by atoms with Crippen molar-refractivity contribution in [3.63, 3.8) is 0 Å². The van der Waals surface area contributed by atoms with Crippen molar-refractivity contribution in [2.75, 3.05) is 11.4 Å². The number of anilines is 1. The highest BCUT2D eigenvalue weighted by atomic mass is 16.5. The van der Waals surface area contributed by atoms with Gasteiger partial charge in [0.25, 0.3) is 5.91 Å². The van der Waals surface area contributed by atoms with Crippen LogP contribution in [0.2, 0.25) is 0 Å². The van der Waals surface area contributed by atoms with Gasteiger partial charge in [-0.25, -0.2) is 4.79 Å². The number of phenolic OH excluding ortho intramolecular Hbond substituents is 2. The summed E-state index contributed by atoms with van der Waals surface area (Å²) in [4.78, 5) is 28.3.